The fraction of sp³-hybridized carbons (Fsp3) is 0.600. The smallest absolute Gasteiger partial charge is 0.126 e. The quantitative estimate of drug-likeness (QED) is 0.878. The molecule has 4 nitrogen and oxygen atoms in total. The first-order valence-corrected chi connectivity index (χ1v) is 6.72. The van der Waals surface area contributed by atoms with E-state index in [4.69, 9.17) is 19.9 Å². The molecular formula is C15H21NO3. The van der Waals surface area contributed by atoms with Gasteiger partial charge in [0.15, 0.2) is 0 Å². The Labute approximate surface area is 113 Å². The van der Waals surface area contributed by atoms with E-state index in [2.05, 4.69) is 6.07 Å². The van der Waals surface area contributed by atoms with Crippen LogP contribution in [0.5, 0.6) is 11.5 Å². The maximum absolute atomic E-state index is 6.03. The van der Waals surface area contributed by atoms with Gasteiger partial charge in [0.05, 0.1) is 32.8 Å². The Morgan fingerprint density at radius 2 is 1.95 bits per heavy atom. The Bertz CT molecular complexity index is 478. The van der Waals surface area contributed by atoms with Crippen molar-refractivity contribution in [1.29, 1.82) is 0 Å². The van der Waals surface area contributed by atoms with E-state index in [9.17, 15) is 0 Å². The number of hydrogen-bond donors (Lipinski definition) is 1. The van der Waals surface area contributed by atoms with E-state index in [0.717, 1.165) is 24.7 Å². The minimum absolute atomic E-state index is 0.0271. The molecule has 0 amide bonds. The highest BCUT2D eigenvalue weighted by Crippen LogP contribution is 2.63. The third-order valence-corrected chi connectivity index (χ3v) is 4.88. The van der Waals surface area contributed by atoms with Gasteiger partial charge in [0.25, 0.3) is 0 Å². The van der Waals surface area contributed by atoms with Gasteiger partial charge in [0, 0.05) is 11.6 Å². The number of benzene rings is 1. The van der Waals surface area contributed by atoms with E-state index in [1.807, 2.05) is 12.1 Å². The average Bonchev–Trinajstić information content (AvgIpc) is 3.19. The maximum Gasteiger partial charge on any atom is 0.126 e. The summed E-state index contributed by atoms with van der Waals surface area (Å²) in [6.45, 7) is 2.20. The molecule has 1 saturated carbocycles. The van der Waals surface area contributed by atoms with Crippen LogP contribution in [-0.2, 0) is 10.2 Å². The van der Waals surface area contributed by atoms with Crippen molar-refractivity contribution in [3.05, 3.63) is 23.8 Å². The first kappa shape index (κ1) is 12.8. The lowest BCUT2D eigenvalue weighted by Gasteiger charge is -2.48. The lowest BCUT2D eigenvalue weighted by atomic mass is 9.65. The molecule has 3 rings (SSSR count). The third-order valence-electron chi connectivity index (χ3n) is 4.88. The van der Waals surface area contributed by atoms with Gasteiger partial charge in [-0.2, -0.15) is 0 Å². The van der Waals surface area contributed by atoms with Gasteiger partial charge < -0.3 is 19.9 Å². The van der Waals surface area contributed by atoms with Crippen LogP contribution < -0.4 is 15.2 Å². The molecule has 2 fully saturated rings. The van der Waals surface area contributed by atoms with Crippen LogP contribution in [-0.4, -0.2) is 34.0 Å². The minimum atomic E-state index is 0.0271. The van der Waals surface area contributed by atoms with Crippen molar-refractivity contribution in [2.75, 3.05) is 34.0 Å². The molecule has 2 N–H and O–H groups in total. The molecule has 1 heterocycles. The number of ether oxygens (including phenoxy) is 3. The molecule has 0 aromatic heterocycles. The van der Waals surface area contributed by atoms with Crippen LogP contribution in [0.3, 0.4) is 0 Å². The maximum atomic E-state index is 6.03. The van der Waals surface area contributed by atoms with Crippen molar-refractivity contribution < 1.29 is 14.2 Å². The first-order valence-electron chi connectivity index (χ1n) is 6.72. The summed E-state index contributed by atoms with van der Waals surface area (Å²) < 4.78 is 16.4. The molecule has 0 atom stereocenters. The van der Waals surface area contributed by atoms with Crippen molar-refractivity contribution in [2.24, 2.45) is 11.1 Å². The Morgan fingerprint density at radius 3 is 2.37 bits per heavy atom. The van der Waals surface area contributed by atoms with E-state index in [1.54, 1.807) is 14.2 Å². The Kier molecular flexibility index (Phi) is 2.95. The minimum Gasteiger partial charge on any atom is -0.497 e. The SMILES string of the molecule is COc1ccc(C2(C3(CN)CC3)COC2)c(OC)c1. The fourth-order valence-electron chi connectivity index (χ4n) is 3.28. The summed E-state index contributed by atoms with van der Waals surface area (Å²) in [4.78, 5) is 0. The molecule has 2 aliphatic rings. The molecule has 0 unspecified atom stereocenters. The molecule has 0 radical (unpaired) electrons. The molecule has 0 spiro atoms. The molecular weight excluding hydrogens is 242 g/mol. The van der Waals surface area contributed by atoms with Crippen LogP contribution in [0.15, 0.2) is 18.2 Å². The van der Waals surface area contributed by atoms with Gasteiger partial charge in [0.1, 0.15) is 11.5 Å². The van der Waals surface area contributed by atoms with E-state index in [0.29, 0.717) is 6.54 Å². The molecule has 1 aliphatic heterocycles. The summed E-state index contributed by atoms with van der Waals surface area (Å²) in [5.41, 5.74) is 7.47. The molecule has 1 aliphatic carbocycles. The lowest BCUT2D eigenvalue weighted by molar-refractivity contribution is -0.0981. The van der Waals surface area contributed by atoms with Crippen molar-refractivity contribution in [3.8, 4) is 11.5 Å². The molecule has 0 bridgehead atoms. The van der Waals surface area contributed by atoms with Gasteiger partial charge in [-0.1, -0.05) is 6.07 Å². The topological polar surface area (TPSA) is 53.7 Å². The summed E-state index contributed by atoms with van der Waals surface area (Å²) in [5, 5.41) is 0. The summed E-state index contributed by atoms with van der Waals surface area (Å²) in [5.74, 6) is 1.69. The highest BCUT2D eigenvalue weighted by Gasteiger charge is 2.63. The second-order valence-electron chi connectivity index (χ2n) is 5.63. The summed E-state index contributed by atoms with van der Waals surface area (Å²) >= 11 is 0. The van der Waals surface area contributed by atoms with E-state index in [1.165, 1.54) is 18.4 Å². The van der Waals surface area contributed by atoms with Crippen LogP contribution >= 0.6 is 0 Å². The largest absolute Gasteiger partial charge is 0.497 e. The second kappa shape index (κ2) is 4.39. The zero-order valence-corrected chi connectivity index (χ0v) is 11.6. The average molecular weight is 263 g/mol. The monoisotopic (exact) mass is 263 g/mol. The number of rotatable bonds is 5. The lowest BCUT2D eigenvalue weighted by Crippen LogP contribution is -2.56. The molecule has 104 valence electrons. The Balaban J connectivity index is 2.05. The van der Waals surface area contributed by atoms with Crippen molar-refractivity contribution in [2.45, 2.75) is 18.3 Å². The van der Waals surface area contributed by atoms with E-state index >= 15 is 0 Å². The number of nitrogens with two attached hydrogens (primary N) is 1. The number of hydrogen-bond acceptors (Lipinski definition) is 4. The highest BCUT2D eigenvalue weighted by atomic mass is 16.5. The molecule has 1 saturated heterocycles. The van der Waals surface area contributed by atoms with Crippen molar-refractivity contribution in [3.63, 3.8) is 0 Å². The Morgan fingerprint density at radius 1 is 1.21 bits per heavy atom. The Hall–Kier alpha value is -1.26. The predicted molar refractivity (Wildman–Crippen MR) is 72.8 cm³/mol. The number of methoxy groups -OCH3 is 2. The van der Waals surface area contributed by atoms with Gasteiger partial charge in [-0.05, 0) is 30.9 Å². The van der Waals surface area contributed by atoms with Gasteiger partial charge in [-0.3, -0.25) is 0 Å². The standard InChI is InChI=1S/C15H21NO3/c1-17-11-3-4-12(13(7-11)18-2)15(9-19-10-15)14(8-16)5-6-14/h3-4,7H,5-6,8-10,16H2,1-2H3. The van der Waals surface area contributed by atoms with E-state index < -0.39 is 0 Å². The van der Waals surface area contributed by atoms with Gasteiger partial charge in [-0.25, -0.2) is 0 Å². The molecule has 19 heavy (non-hydrogen) atoms. The van der Waals surface area contributed by atoms with E-state index in [-0.39, 0.29) is 10.8 Å². The zero-order chi connectivity index (χ0) is 13.5. The fourth-order valence-corrected chi connectivity index (χ4v) is 3.28. The van der Waals surface area contributed by atoms with Gasteiger partial charge in [0.2, 0.25) is 0 Å². The van der Waals surface area contributed by atoms with Crippen molar-refractivity contribution in [1.82, 2.24) is 0 Å². The van der Waals surface area contributed by atoms with Gasteiger partial charge >= 0.3 is 0 Å². The highest BCUT2D eigenvalue weighted by molar-refractivity contribution is 5.48. The van der Waals surface area contributed by atoms with Crippen LogP contribution in [0, 0.1) is 5.41 Å². The zero-order valence-electron chi connectivity index (χ0n) is 11.6. The predicted octanol–water partition coefficient (Wildman–Crippen LogP) is 1.71. The summed E-state index contributed by atoms with van der Waals surface area (Å²) in [7, 11) is 3.37. The third kappa shape index (κ3) is 1.66. The van der Waals surface area contributed by atoms with Crippen LogP contribution in [0.2, 0.25) is 0 Å². The van der Waals surface area contributed by atoms with Crippen LogP contribution in [0.25, 0.3) is 0 Å². The van der Waals surface area contributed by atoms with Crippen molar-refractivity contribution >= 4 is 0 Å². The van der Waals surface area contributed by atoms with Crippen LogP contribution in [0.1, 0.15) is 18.4 Å². The second-order valence-corrected chi connectivity index (χ2v) is 5.63. The summed E-state index contributed by atoms with van der Waals surface area (Å²) in [6.07, 6.45) is 2.37. The molecule has 1 aromatic carbocycles. The molecule has 1 aromatic rings. The van der Waals surface area contributed by atoms with Crippen LogP contribution in [0.4, 0.5) is 0 Å². The normalized spacial score (nSPS) is 22.5. The molecule has 4 heteroatoms. The summed E-state index contributed by atoms with van der Waals surface area (Å²) in [6, 6.07) is 6.04. The first-order chi connectivity index (χ1) is 9.21. The van der Waals surface area contributed by atoms with Gasteiger partial charge in [-0.15, -0.1) is 0 Å².